The number of anilines is 1. The monoisotopic (exact) mass is 226 g/mol. The van der Waals surface area contributed by atoms with Gasteiger partial charge in [0.2, 0.25) is 0 Å². The Balaban J connectivity index is 2.14. The number of hydrazone groups is 1. The van der Waals surface area contributed by atoms with Crippen molar-refractivity contribution in [1.82, 2.24) is 10.2 Å². The quantitative estimate of drug-likeness (QED) is 0.755. The fourth-order valence-corrected chi connectivity index (χ4v) is 1.63. The Morgan fingerprint density at radius 3 is 2.93 bits per heavy atom. The van der Waals surface area contributed by atoms with Crippen LogP contribution in [0.4, 0.5) is 5.69 Å². The molecule has 2 N–H and O–H groups in total. The molecule has 1 aromatic heterocycles. The Kier molecular flexibility index (Phi) is 3.01. The highest BCUT2D eigenvalue weighted by Crippen LogP contribution is 2.17. The summed E-state index contributed by atoms with van der Waals surface area (Å²) in [4.78, 5) is 11.1. The molecule has 15 heavy (non-hydrogen) atoms. The average molecular weight is 227 g/mol. The molecule has 80 valence electrons. The number of nitrogens with zero attached hydrogens (tertiary/aromatic N) is 2. The van der Waals surface area contributed by atoms with Crippen LogP contribution >= 0.6 is 11.6 Å². The summed E-state index contributed by atoms with van der Waals surface area (Å²) in [7, 11) is 0. The zero-order chi connectivity index (χ0) is 10.7. The van der Waals surface area contributed by atoms with Gasteiger partial charge in [-0.05, 0) is 25.7 Å². The molecule has 1 fully saturated rings. The SMILES string of the molecule is O=c1[nH]ncc(NN=C2CCCC2)c1Cl. The number of aromatic amines is 1. The molecule has 0 aromatic carbocycles. The normalized spacial score (nSPS) is 15.4. The number of hydrogen-bond acceptors (Lipinski definition) is 4. The van der Waals surface area contributed by atoms with Crippen molar-refractivity contribution in [3.05, 3.63) is 21.6 Å². The van der Waals surface area contributed by atoms with Crippen molar-refractivity contribution in [2.45, 2.75) is 25.7 Å². The minimum atomic E-state index is -0.409. The van der Waals surface area contributed by atoms with E-state index >= 15 is 0 Å². The third kappa shape index (κ3) is 2.36. The number of hydrogen-bond donors (Lipinski definition) is 2. The molecule has 0 aliphatic heterocycles. The van der Waals surface area contributed by atoms with Gasteiger partial charge in [-0.1, -0.05) is 11.6 Å². The summed E-state index contributed by atoms with van der Waals surface area (Å²) in [5.74, 6) is 0. The lowest BCUT2D eigenvalue weighted by Crippen LogP contribution is -2.10. The minimum Gasteiger partial charge on any atom is -0.275 e. The van der Waals surface area contributed by atoms with Gasteiger partial charge in [-0.2, -0.15) is 10.2 Å². The first-order valence-electron chi connectivity index (χ1n) is 4.82. The second kappa shape index (κ2) is 4.44. The molecule has 0 atom stereocenters. The largest absolute Gasteiger partial charge is 0.285 e. The lowest BCUT2D eigenvalue weighted by molar-refractivity contribution is 0.886. The van der Waals surface area contributed by atoms with Crippen molar-refractivity contribution in [1.29, 1.82) is 0 Å². The summed E-state index contributed by atoms with van der Waals surface area (Å²) in [5, 5.41) is 10.2. The molecule has 1 aromatic rings. The molecular formula is C9H11ClN4O. The Morgan fingerprint density at radius 1 is 1.47 bits per heavy atom. The van der Waals surface area contributed by atoms with Crippen molar-refractivity contribution in [3.63, 3.8) is 0 Å². The lowest BCUT2D eigenvalue weighted by atomic mass is 10.3. The average Bonchev–Trinajstić information content (AvgIpc) is 2.73. The number of H-pyrrole nitrogens is 1. The van der Waals surface area contributed by atoms with Gasteiger partial charge in [0, 0.05) is 5.71 Å². The van der Waals surface area contributed by atoms with Crippen LogP contribution in [0.15, 0.2) is 16.1 Å². The van der Waals surface area contributed by atoms with E-state index in [1.54, 1.807) is 0 Å². The molecule has 0 bridgehead atoms. The third-order valence-electron chi connectivity index (χ3n) is 2.31. The maximum Gasteiger partial charge on any atom is 0.285 e. The Hall–Kier alpha value is -1.36. The molecule has 2 rings (SSSR count). The van der Waals surface area contributed by atoms with E-state index in [9.17, 15) is 4.79 Å². The molecule has 0 saturated heterocycles. The molecular weight excluding hydrogens is 216 g/mol. The van der Waals surface area contributed by atoms with Gasteiger partial charge >= 0.3 is 0 Å². The second-order valence-electron chi connectivity index (χ2n) is 3.42. The van der Waals surface area contributed by atoms with Gasteiger partial charge in [0.1, 0.15) is 10.7 Å². The number of aromatic nitrogens is 2. The predicted molar refractivity (Wildman–Crippen MR) is 59.4 cm³/mol. The summed E-state index contributed by atoms with van der Waals surface area (Å²) in [6.45, 7) is 0. The summed E-state index contributed by atoms with van der Waals surface area (Å²) < 4.78 is 0. The molecule has 0 unspecified atom stereocenters. The molecule has 5 nitrogen and oxygen atoms in total. The van der Waals surface area contributed by atoms with Crippen molar-refractivity contribution in [3.8, 4) is 0 Å². The Labute approximate surface area is 91.5 Å². The van der Waals surface area contributed by atoms with Gasteiger partial charge in [0.25, 0.3) is 5.56 Å². The fourth-order valence-electron chi connectivity index (χ4n) is 1.50. The zero-order valence-electron chi connectivity index (χ0n) is 8.09. The minimum absolute atomic E-state index is 0.0901. The standard InChI is InChI=1S/C9H11ClN4O/c10-8-7(5-11-14-9(8)15)13-12-6-3-1-2-4-6/h5H,1-4H2,(H2,13,14,15). The maximum absolute atomic E-state index is 11.1. The lowest BCUT2D eigenvalue weighted by Gasteiger charge is -2.02. The Bertz CT molecular complexity index is 432. The number of rotatable bonds is 2. The highest BCUT2D eigenvalue weighted by atomic mass is 35.5. The first kappa shape index (κ1) is 10.2. The van der Waals surface area contributed by atoms with Crippen molar-refractivity contribution < 1.29 is 0 Å². The van der Waals surface area contributed by atoms with Gasteiger partial charge in [0.15, 0.2) is 0 Å². The smallest absolute Gasteiger partial charge is 0.275 e. The molecule has 1 saturated carbocycles. The van der Waals surface area contributed by atoms with Gasteiger partial charge in [0.05, 0.1) is 6.20 Å². The van der Waals surface area contributed by atoms with Crippen LogP contribution in [0, 0.1) is 0 Å². The summed E-state index contributed by atoms with van der Waals surface area (Å²) in [5.41, 5.74) is 3.92. The van der Waals surface area contributed by atoms with E-state index in [4.69, 9.17) is 11.6 Å². The second-order valence-corrected chi connectivity index (χ2v) is 3.80. The van der Waals surface area contributed by atoms with Crippen LogP contribution in [0.3, 0.4) is 0 Å². The van der Waals surface area contributed by atoms with E-state index in [1.165, 1.54) is 19.0 Å². The maximum atomic E-state index is 11.1. The van der Waals surface area contributed by atoms with E-state index in [-0.39, 0.29) is 5.02 Å². The molecule has 1 aliphatic rings. The van der Waals surface area contributed by atoms with Crippen LogP contribution in [0.2, 0.25) is 5.02 Å². The van der Waals surface area contributed by atoms with Crippen LogP contribution in [-0.2, 0) is 0 Å². The van der Waals surface area contributed by atoms with Crippen LogP contribution < -0.4 is 11.0 Å². The van der Waals surface area contributed by atoms with Crippen LogP contribution in [-0.4, -0.2) is 15.9 Å². The number of halogens is 1. The van der Waals surface area contributed by atoms with E-state index in [0.29, 0.717) is 5.69 Å². The van der Waals surface area contributed by atoms with Crippen molar-refractivity contribution >= 4 is 23.0 Å². The molecule has 0 amide bonds. The summed E-state index contributed by atoms with van der Waals surface area (Å²) in [6, 6.07) is 0. The highest BCUT2D eigenvalue weighted by Gasteiger charge is 2.09. The summed E-state index contributed by atoms with van der Waals surface area (Å²) >= 11 is 5.76. The first-order valence-corrected chi connectivity index (χ1v) is 5.20. The molecule has 1 heterocycles. The van der Waals surface area contributed by atoms with Gasteiger partial charge in [-0.15, -0.1) is 0 Å². The molecule has 0 spiro atoms. The first-order chi connectivity index (χ1) is 7.27. The topological polar surface area (TPSA) is 70.1 Å². The van der Waals surface area contributed by atoms with E-state index in [1.807, 2.05) is 0 Å². The number of nitrogens with one attached hydrogen (secondary N) is 2. The van der Waals surface area contributed by atoms with Crippen molar-refractivity contribution in [2.75, 3.05) is 5.43 Å². The van der Waals surface area contributed by atoms with Gasteiger partial charge < -0.3 is 0 Å². The van der Waals surface area contributed by atoms with Crippen LogP contribution in [0.25, 0.3) is 0 Å². The van der Waals surface area contributed by atoms with Crippen molar-refractivity contribution in [2.24, 2.45) is 5.10 Å². The predicted octanol–water partition coefficient (Wildman–Crippen LogP) is 1.77. The summed E-state index contributed by atoms with van der Waals surface area (Å²) in [6.07, 6.45) is 5.84. The molecule has 6 heteroatoms. The third-order valence-corrected chi connectivity index (χ3v) is 2.69. The van der Waals surface area contributed by atoms with Crippen LogP contribution in [0.5, 0.6) is 0 Å². The van der Waals surface area contributed by atoms with E-state index in [2.05, 4.69) is 20.7 Å². The van der Waals surface area contributed by atoms with E-state index < -0.39 is 5.56 Å². The van der Waals surface area contributed by atoms with E-state index in [0.717, 1.165) is 18.6 Å². The Morgan fingerprint density at radius 2 is 2.20 bits per heavy atom. The van der Waals surface area contributed by atoms with Gasteiger partial charge in [-0.25, -0.2) is 5.10 Å². The molecule has 1 aliphatic carbocycles. The highest BCUT2D eigenvalue weighted by molar-refractivity contribution is 6.32. The van der Waals surface area contributed by atoms with Gasteiger partial charge in [-0.3, -0.25) is 10.2 Å². The molecule has 0 radical (unpaired) electrons. The zero-order valence-corrected chi connectivity index (χ0v) is 8.84. The van der Waals surface area contributed by atoms with Crippen LogP contribution in [0.1, 0.15) is 25.7 Å². The fraction of sp³-hybridized carbons (Fsp3) is 0.444.